The van der Waals surface area contributed by atoms with Gasteiger partial charge in [-0.2, -0.15) is 0 Å². The van der Waals surface area contributed by atoms with Crippen molar-refractivity contribution in [1.82, 2.24) is 4.90 Å². The van der Waals surface area contributed by atoms with Gasteiger partial charge in [0.2, 0.25) is 0 Å². The first kappa shape index (κ1) is 12.1. The van der Waals surface area contributed by atoms with E-state index in [-0.39, 0.29) is 0 Å². The summed E-state index contributed by atoms with van der Waals surface area (Å²) in [5.41, 5.74) is 0. The minimum atomic E-state index is 0.354. The Balaban J connectivity index is 1.84. The lowest BCUT2D eigenvalue weighted by Crippen LogP contribution is -2.39. The van der Waals surface area contributed by atoms with Gasteiger partial charge in [-0.3, -0.25) is 4.79 Å². The van der Waals surface area contributed by atoms with Crippen molar-refractivity contribution in [3.05, 3.63) is 0 Å². The highest BCUT2D eigenvalue weighted by molar-refractivity contribution is 5.81. The van der Waals surface area contributed by atoms with E-state index in [1.54, 1.807) is 0 Å². The molecular weight excluding hydrogens is 198 g/mol. The zero-order valence-corrected chi connectivity index (χ0v) is 10.6. The fourth-order valence-corrected chi connectivity index (χ4v) is 3.19. The van der Waals surface area contributed by atoms with E-state index in [2.05, 4.69) is 11.8 Å². The number of hydrogen-bond acceptors (Lipinski definition) is 2. The second-order valence-electron chi connectivity index (χ2n) is 5.77. The van der Waals surface area contributed by atoms with Crippen molar-refractivity contribution in [3.63, 3.8) is 0 Å². The van der Waals surface area contributed by atoms with Gasteiger partial charge in [-0.1, -0.05) is 19.8 Å². The van der Waals surface area contributed by atoms with E-state index in [0.717, 1.165) is 31.7 Å². The third-order valence-corrected chi connectivity index (χ3v) is 4.15. The van der Waals surface area contributed by atoms with Gasteiger partial charge >= 0.3 is 0 Å². The Morgan fingerprint density at radius 3 is 2.88 bits per heavy atom. The van der Waals surface area contributed by atoms with E-state index in [1.165, 1.54) is 38.8 Å². The number of carbonyl (C=O) groups is 1. The molecule has 1 heterocycles. The first-order valence-corrected chi connectivity index (χ1v) is 7.01. The monoisotopic (exact) mass is 223 g/mol. The number of carbonyl (C=O) groups excluding carboxylic acids is 1. The number of hydrogen-bond donors (Lipinski definition) is 0. The molecule has 2 fully saturated rings. The minimum Gasteiger partial charge on any atom is -0.302 e. The van der Waals surface area contributed by atoms with Gasteiger partial charge in [0.1, 0.15) is 5.78 Å². The van der Waals surface area contributed by atoms with Crippen molar-refractivity contribution in [2.24, 2.45) is 11.8 Å². The van der Waals surface area contributed by atoms with E-state index in [0.29, 0.717) is 11.7 Å². The minimum absolute atomic E-state index is 0.354. The van der Waals surface area contributed by atoms with Crippen molar-refractivity contribution in [3.8, 4) is 0 Å². The van der Waals surface area contributed by atoms with Gasteiger partial charge in [0.25, 0.3) is 0 Å². The second-order valence-corrected chi connectivity index (χ2v) is 5.77. The van der Waals surface area contributed by atoms with Crippen LogP contribution in [0.1, 0.15) is 51.9 Å². The molecular formula is C14H25NO. The van der Waals surface area contributed by atoms with Crippen LogP contribution in [0.4, 0.5) is 0 Å². The molecule has 92 valence electrons. The summed E-state index contributed by atoms with van der Waals surface area (Å²) < 4.78 is 0. The Labute approximate surface area is 99.4 Å². The summed E-state index contributed by atoms with van der Waals surface area (Å²) in [6.45, 7) is 5.81. The molecule has 2 atom stereocenters. The summed E-state index contributed by atoms with van der Waals surface area (Å²) in [6, 6.07) is 0. The van der Waals surface area contributed by atoms with Crippen molar-refractivity contribution >= 4 is 5.78 Å². The quantitative estimate of drug-likeness (QED) is 0.671. The van der Waals surface area contributed by atoms with E-state index in [1.807, 2.05) is 0 Å². The lowest BCUT2D eigenvalue weighted by molar-refractivity contribution is -0.123. The van der Waals surface area contributed by atoms with Crippen LogP contribution in [-0.4, -0.2) is 30.3 Å². The molecule has 0 aromatic heterocycles. The zero-order chi connectivity index (χ0) is 11.4. The predicted octanol–water partition coefficient (Wildman–Crippen LogP) is 2.87. The van der Waals surface area contributed by atoms with E-state index in [4.69, 9.17) is 0 Å². The average molecular weight is 223 g/mol. The van der Waals surface area contributed by atoms with Gasteiger partial charge in [0.05, 0.1) is 0 Å². The molecule has 0 radical (unpaired) electrons. The van der Waals surface area contributed by atoms with Crippen LogP contribution in [0.25, 0.3) is 0 Å². The van der Waals surface area contributed by atoms with Crippen LogP contribution in [0.2, 0.25) is 0 Å². The van der Waals surface area contributed by atoms with Gasteiger partial charge in [0.15, 0.2) is 0 Å². The standard InChI is InChI=1S/C14H25NO/c1-12-6-5-9-15(10-12)11-13-7-3-2-4-8-14(13)16/h12-13H,2-11H2,1H3. The number of piperidine rings is 1. The smallest absolute Gasteiger partial charge is 0.137 e. The van der Waals surface area contributed by atoms with Crippen molar-refractivity contribution in [1.29, 1.82) is 0 Å². The highest BCUT2D eigenvalue weighted by Crippen LogP contribution is 2.23. The van der Waals surface area contributed by atoms with Crippen molar-refractivity contribution in [2.75, 3.05) is 19.6 Å². The fourth-order valence-electron chi connectivity index (χ4n) is 3.19. The lowest BCUT2D eigenvalue weighted by atomic mass is 9.95. The first-order valence-electron chi connectivity index (χ1n) is 7.01. The number of Topliss-reactive ketones (excluding diaryl/α,β-unsaturated/α-hetero) is 1. The molecule has 0 N–H and O–H groups in total. The summed E-state index contributed by atoms with van der Waals surface area (Å²) >= 11 is 0. The molecule has 2 aliphatic rings. The Hall–Kier alpha value is -0.370. The Kier molecular flexibility index (Phi) is 4.39. The molecule has 2 rings (SSSR count). The fraction of sp³-hybridized carbons (Fsp3) is 0.929. The second kappa shape index (κ2) is 5.81. The Bertz CT molecular complexity index is 239. The van der Waals surface area contributed by atoms with Crippen LogP contribution >= 0.6 is 0 Å². The van der Waals surface area contributed by atoms with Gasteiger partial charge in [0, 0.05) is 25.4 Å². The molecule has 0 aromatic carbocycles. The highest BCUT2D eigenvalue weighted by atomic mass is 16.1. The summed E-state index contributed by atoms with van der Waals surface area (Å²) in [4.78, 5) is 14.5. The molecule has 1 saturated carbocycles. The molecule has 1 aliphatic carbocycles. The van der Waals surface area contributed by atoms with Crippen LogP contribution in [0.15, 0.2) is 0 Å². The SMILES string of the molecule is CC1CCCN(CC2CCCCCC2=O)C1. The van der Waals surface area contributed by atoms with Gasteiger partial charge in [-0.15, -0.1) is 0 Å². The molecule has 2 nitrogen and oxygen atoms in total. The Morgan fingerprint density at radius 2 is 2.06 bits per heavy atom. The van der Waals surface area contributed by atoms with Crippen LogP contribution < -0.4 is 0 Å². The maximum Gasteiger partial charge on any atom is 0.137 e. The third-order valence-electron chi connectivity index (χ3n) is 4.15. The number of likely N-dealkylation sites (tertiary alicyclic amines) is 1. The molecule has 0 amide bonds. The summed E-state index contributed by atoms with van der Waals surface area (Å²) in [5, 5.41) is 0. The molecule has 0 bridgehead atoms. The molecule has 0 aromatic rings. The topological polar surface area (TPSA) is 20.3 Å². The largest absolute Gasteiger partial charge is 0.302 e. The normalized spacial score (nSPS) is 33.7. The van der Waals surface area contributed by atoms with Crippen LogP contribution in [0, 0.1) is 11.8 Å². The summed E-state index contributed by atoms with van der Waals surface area (Å²) in [7, 11) is 0. The van der Waals surface area contributed by atoms with Gasteiger partial charge in [-0.25, -0.2) is 0 Å². The van der Waals surface area contributed by atoms with E-state index >= 15 is 0 Å². The van der Waals surface area contributed by atoms with Crippen molar-refractivity contribution < 1.29 is 4.79 Å². The van der Waals surface area contributed by atoms with Crippen molar-refractivity contribution in [2.45, 2.75) is 51.9 Å². The number of rotatable bonds is 2. The Morgan fingerprint density at radius 1 is 1.19 bits per heavy atom. The number of nitrogens with zero attached hydrogens (tertiary/aromatic N) is 1. The molecule has 16 heavy (non-hydrogen) atoms. The van der Waals surface area contributed by atoms with Crippen LogP contribution in [-0.2, 0) is 4.79 Å². The zero-order valence-electron chi connectivity index (χ0n) is 10.6. The first-order chi connectivity index (χ1) is 7.75. The van der Waals surface area contributed by atoms with Crippen LogP contribution in [0.5, 0.6) is 0 Å². The van der Waals surface area contributed by atoms with E-state index in [9.17, 15) is 4.79 Å². The van der Waals surface area contributed by atoms with Crippen LogP contribution in [0.3, 0.4) is 0 Å². The van der Waals surface area contributed by atoms with E-state index < -0.39 is 0 Å². The maximum absolute atomic E-state index is 11.9. The highest BCUT2D eigenvalue weighted by Gasteiger charge is 2.25. The molecule has 0 spiro atoms. The maximum atomic E-state index is 11.9. The molecule has 2 unspecified atom stereocenters. The summed E-state index contributed by atoms with van der Waals surface area (Å²) in [6.07, 6.45) is 8.33. The van der Waals surface area contributed by atoms with Gasteiger partial charge in [-0.05, 0) is 38.1 Å². The molecule has 1 saturated heterocycles. The molecule has 2 heteroatoms. The number of ketones is 1. The molecule has 1 aliphatic heterocycles. The predicted molar refractivity (Wildman–Crippen MR) is 66.4 cm³/mol. The van der Waals surface area contributed by atoms with Gasteiger partial charge < -0.3 is 4.90 Å². The lowest BCUT2D eigenvalue weighted by Gasteiger charge is -2.33. The average Bonchev–Trinajstić information content (AvgIpc) is 2.45. The summed E-state index contributed by atoms with van der Waals surface area (Å²) in [5.74, 6) is 1.72. The third kappa shape index (κ3) is 3.31.